The quantitative estimate of drug-likeness (QED) is 0.357. The summed E-state index contributed by atoms with van der Waals surface area (Å²) >= 11 is 1.42. The zero-order valence-corrected chi connectivity index (χ0v) is 14.5. The van der Waals surface area contributed by atoms with Gasteiger partial charge in [0.25, 0.3) is 5.69 Å². The van der Waals surface area contributed by atoms with Crippen LogP contribution in [-0.4, -0.2) is 28.9 Å². The summed E-state index contributed by atoms with van der Waals surface area (Å²) in [6.07, 6.45) is 1.75. The minimum atomic E-state index is -0.445. The highest BCUT2D eigenvalue weighted by atomic mass is 32.1. The monoisotopic (exact) mass is 372 g/mol. The maximum absolute atomic E-state index is 12.0. The molecule has 8 nitrogen and oxygen atoms in total. The molecular formula is C17H16N4O4S. The molecule has 9 heteroatoms. The summed E-state index contributed by atoms with van der Waals surface area (Å²) in [5, 5.41) is 19.2. The SMILES string of the molecule is O=C(Cc1csc(-c2ccco2)n1)NCCNc1ccccc1[N+](=O)[O-]. The fourth-order valence-corrected chi connectivity index (χ4v) is 3.10. The molecule has 2 aromatic heterocycles. The number of carbonyl (C=O) groups excluding carboxylic acids is 1. The van der Waals surface area contributed by atoms with Gasteiger partial charge in [-0.05, 0) is 18.2 Å². The van der Waals surface area contributed by atoms with Crippen molar-refractivity contribution in [2.45, 2.75) is 6.42 Å². The first-order chi connectivity index (χ1) is 12.6. The van der Waals surface area contributed by atoms with Crippen molar-refractivity contribution in [1.29, 1.82) is 0 Å². The molecule has 26 heavy (non-hydrogen) atoms. The Labute approximate surface area is 153 Å². The van der Waals surface area contributed by atoms with Gasteiger partial charge in [0.2, 0.25) is 5.91 Å². The first-order valence-corrected chi connectivity index (χ1v) is 8.73. The smallest absolute Gasteiger partial charge is 0.292 e. The number of nitro groups is 1. The Kier molecular flexibility index (Phi) is 5.59. The lowest BCUT2D eigenvalue weighted by Crippen LogP contribution is -2.30. The van der Waals surface area contributed by atoms with Gasteiger partial charge in [0.05, 0.1) is 23.3 Å². The molecule has 0 aliphatic rings. The van der Waals surface area contributed by atoms with Gasteiger partial charge < -0.3 is 15.1 Å². The predicted octanol–water partition coefficient (Wildman–Crippen LogP) is 3.08. The van der Waals surface area contributed by atoms with Crippen LogP contribution in [0.2, 0.25) is 0 Å². The molecule has 1 amide bonds. The van der Waals surface area contributed by atoms with E-state index in [1.807, 2.05) is 11.4 Å². The maximum atomic E-state index is 12.0. The third kappa shape index (κ3) is 4.45. The summed E-state index contributed by atoms with van der Waals surface area (Å²) in [6, 6.07) is 9.98. The van der Waals surface area contributed by atoms with Crippen LogP contribution in [0.15, 0.2) is 52.5 Å². The topological polar surface area (TPSA) is 110 Å². The minimum Gasteiger partial charge on any atom is -0.462 e. The third-order valence-electron chi connectivity index (χ3n) is 3.49. The molecule has 0 spiro atoms. The number of aromatic nitrogens is 1. The van der Waals surface area contributed by atoms with Gasteiger partial charge >= 0.3 is 0 Å². The molecule has 1 aromatic carbocycles. The molecule has 3 aromatic rings. The number of carbonyl (C=O) groups is 1. The van der Waals surface area contributed by atoms with E-state index in [1.54, 1.807) is 30.5 Å². The van der Waals surface area contributed by atoms with Crippen LogP contribution in [0.1, 0.15) is 5.69 Å². The Hall–Kier alpha value is -3.20. The van der Waals surface area contributed by atoms with Crippen molar-refractivity contribution < 1.29 is 14.1 Å². The van der Waals surface area contributed by atoms with Gasteiger partial charge in [0.1, 0.15) is 5.69 Å². The van der Waals surface area contributed by atoms with E-state index in [0.29, 0.717) is 30.2 Å². The number of amides is 1. The van der Waals surface area contributed by atoms with Gasteiger partial charge in [0.15, 0.2) is 10.8 Å². The molecule has 0 aliphatic heterocycles. The second kappa shape index (κ2) is 8.26. The molecule has 2 N–H and O–H groups in total. The van der Waals surface area contributed by atoms with E-state index in [2.05, 4.69) is 15.6 Å². The van der Waals surface area contributed by atoms with Crippen molar-refractivity contribution in [1.82, 2.24) is 10.3 Å². The lowest BCUT2D eigenvalue weighted by atomic mass is 10.2. The van der Waals surface area contributed by atoms with E-state index >= 15 is 0 Å². The van der Waals surface area contributed by atoms with Gasteiger partial charge in [-0.2, -0.15) is 0 Å². The molecule has 0 fully saturated rings. The molecule has 3 rings (SSSR count). The largest absolute Gasteiger partial charge is 0.462 e. The van der Waals surface area contributed by atoms with E-state index in [-0.39, 0.29) is 18.0 Å². The summed E-state index contributed by atoms with van der Waals surface area (Å²) in [6.45, 7) is 0.728. The van der Waals surface area contributed by atoms with Crippen molar-refractivity contribution in [3.63, 3.8) is 0 Å². The molecular weight excluding hydrogens is 356 g/mol. The summed E-state index contributed by atoms with van der Waals surface area (Å²) < 4.78 is 5.28. The van der Waals surface area contributed by atoms with Gasteiger partial charge in [-0.25, -0.2) is 4.98 Å². The Morgan fingerprint density at radius 3 is 2.85 bits per heavy atom. The first kappa shape index (κ1) is 17.6. The molecule has 0 radical (unpaired) electrons. The van der Waals surface area contributed by atoms with E-state index in [0.717, 1.165) is 5.01 Å². The molecule has 0 unspecified atom stereocenters. The number of anilines is 1. The highest BCUT2D eigenvalue weighted by Gasteiger charge is 2.12. The lowest BCUT2D eigenvalue weighted by Gasteiger charge is -2.08. The van der Waals surface area contributed by atoms with Crippen molar-refractivity contribution in [3.8, 4) is 10.8 Å². The fraction of sp³-hybridized carbons (Fsp3) is 0.176. The van der Waals surface area contributed by atoms with Crippen molar-refractivity contribution >= 4 is 28.6 Å². The molecule has 0 saturated carbocycles. The highest BCUT2D eigenvalue weighted by Crippen LogP contribution is 2.24. The molecule has 2 heterocycles. The van der Waals surface area contributed by atoms with Gasteiger partial charge in [-0.15, -0.1) is 11.3 Å². The van der Waals surface area contributed by atoms with Crippen LogP contribution in [0, 0.1) is 10.1 Å². The van der Waals surface area contributed by atoms with Crippen LogP contribution < -0.4 is 10.6 Å². The molecule has 134 valence electrons. The van der Waals surface area contributed by atoms with Crippen LogP contribution in [0.25, 0.3) is 10.8 Å². The van der Waals surface area contributed by atoms with Gasteiger partial charge in [-0.3, -0.25) is 14.9 Å². The van der Waals surface area contributed by atoms with Gasteiger partial charge in [0, 0.05) is 24.5 Å². The van der Waals surface area contributed by atoms with E-state index < -0.39 is 4.92 Å². The van der Waals surface area contributed by atoms with Crippen LogP contribution in [-0.2, 0) is 11.2 Å². The number of nitro benzene ring substituents is 1. The molecule has 0 aliphatic carbocycles. The molecule has 0 atom stereocenters. The number of nitrogens with zero attached hydrogens (tertiary/aromatic N) is 2. The average molecular weight is 372 g/mol. The molecule has 0 saturated heterocycles. The number of hydrogen-bond donors (Lipinski definition) is 2. The summed E-state index contributed by atoms with van der Waals surface area (Å²) in [7, 11) is 0. The second-order valence-electron chi connectivity index (χ2n) is 5.35. The van der Waals surface area contributed by atoms with Crippen LogP contribution >= 0.6 is 11.3 Å². The van der Waals surface area contributed by atoms with Crippen LogP contribution in [0.4, 0.5) is 11.4 Å². The zero-order chi connectivity index (χ0) is 18.4. The van der Waals surface area contributed by atoms with E-state index in [9.17, 15) is 14.9 Å². The summed E-state index contributed by atoms with van der Waals surface area (Å²) in [5.74, 6) is 0.515. The number of benzene rings is 1. The summed E-state index contributed by atoms with van der Waals surface area (Å²) in [5.41, 5.74) is 1.10. The number of para-hydroxylation sites is 2. The van der Waals surface area contributed by atoms with Crippen LogP contribution in [0.5, 0.6) is 0 Å². The second-order valence-corrected chi connectivity index (χ2v) is 6.21. The zero-order valence-electron chi connectivity index (χ0n) is 13.7. The number of hydrogen-bond acceptors (Lipinski definition) is 7. The third-order valence-corrected chi connectivity index (χ3v) is 4.39. The number of rotatable bonds is 8. The first-order valence-electron chi connectivity index (χ1n) is 7.86. The Morgan fingerprint density at radius 2 is 2.08 bits per heavy atom. The Morgan fingerprint density at radius 1 is 1.23 bits per heavy atom. The Balaban J connectivity index is 1.44. The normalized spacial score (nSPS) is 10.5. The minimum absolute atomic E-state index is 0.00625. The standard InChI is InChI=1S/C17H16N4O4S/c22-16(10-12-11-26-17(20-12)15-6-3-9-25-15)19-8-7-18-13-4-1-2-5-14(13)21(23)24/h1-6,9,11,18H,7-8,10H2,(H,19,22). The van der Waals surface area contributed by atoms with E-state index in [4.69, 9.17) is 4.42 Å². The van der Waals surface area contributed by atoms with Crippen molar-refractivity contribution in [2.24, 2.45) is 0 Å². The average Bonchev–Trinajstić information content (AvgIpc) is 3.30. The van der Waals surface area contributed by atoms with E-state index in [1.165, 1.54) is 17.4 Å². The maximum Gasteiger partial charge on any atom is 0.292 e. The summed E-state index contributed by atoms with van der Waals surface area (Å²) in [4.78, 5) is 26.9. The highest BCUT2D eigenvalue weighted by molar-refractivity contribution is 7.13. The Bertz CT molecular complexity index is 892. The number of nitrogens with one attached hydrogen (secondary N) is 2. The van der Waals surface area contributed by atoms with Gasteiger partial charge in [-0.1, -0.05) is 12.1 Å². The van der Waals surface area contributed by atoms with Crippen molar-refractivity contribution in [2.75, 3.05) is 18.4 Å². The fourth-order valence-electron chi connectivity index (χ4n) is 2.31. The van der Waals surface area contributed by atoms with Crippen molar-refractivity contribution in [3.05, 3.63) is 63.8 Å². The van der Waals surface area contributed by atoms with Crippen LogP contribution in [0.3, 0.4) is 0 Å². The lowest BCUT2D eigenvalue weighted by molar-refractivity contribution is -0.384. The number of furan rings is 1. The molecule has 0 bridgehead atoms. The number of thiazole rings is 1. The predicted molar refractivity (Wildman–Crippen MR) is 98.1 cm³/mol.